The number of fused-ring (bicyclic) bond motifs is 1. The highest BCUT2D eigenvalue weighted by Gasteiger charge is 2.29. The van der Waals surface area contributed by atoms with Crippen molar-refractivity contribution in [3.05, 3.63) is 45.3 Å². The molecule has 0 unspecified atom stereocenters. The molecule has 0 spiro atoms. The molecule has 2 heterocycles. The van der Waals surface area contributed by atoms with Gasteiger partial charge in [0.05, 0.1) is 13.0 Å². The summed E-state index contributed by atoms with van der Waals surface area (Å²) < 4.78 is 10.4. The van der Waals surface area contributed by atoms with Crippen LogP contribution in [0.1, 0.15) is 36.5 Å². The van der Waals surface area contributed by atoms with E-state index in [2.05, 4.69) is 10.2 Å². The molecule has 0 aliphatic carbocycles. The number of esters is 1. The minimum absolute atomic E-state index is 0.0578. The first-order chi connectivity index (χ1) is 13.8. The Balaban J connectivity index is 1.94. The first kappa shape index (κ1) is 21.0. The SMILES string of the molecule is COC(=O)[C@H]1CC[C@@H](NC(C)=O)CN(Cc2cc(=O)oc3cc(C)c(C)cc23)C1. The lowest BCUT2D eigenvalue weighted by Gasteiger charge is -2.26. The molecule has 0 bridgehead atoms. The molecule has 1 aromatic carbocycles. The lowest BCUT2D eigenvalue weighted by atomic mass is 10.0. The molecule has 1 N–H and O–H groups in total. The minimum atomic E-state index is -0.395. The number of likely N-dealkylation sites (tertiary alicyclic amines) is 1. The fourth-order valence-corrected chi connectivity index (χ4v) is 4.03. The van der Waals surface area contributed by atoms with Gasteiger partial charge in [-0.15, -0.1) is 0 Å². The van der Waals surface area contributed by atoms with Crippen molar-refractivity contribution in [1.29, 1.82) is 0 Å². The maximum absolute atomic E-state index is 12.2. The molecule has 2 aromatic rings. The van der Waals surface area contributed by atoms with Crippen LogP contribution in [0, 0.1) is 19.8 Å². The van der Waals surface area contributed by atoms with E-state index in [1.54, 1.807) is 0 Å². The zero-order chi connectivity index (χ0) is 21.1. The van der Waals surface area contributed by atoms with Crippen LogP contribution in [0.25, 0.3) is 11.0 Å². The highest BCUT2D eigenvalue weighted by molar-refractivity contribution is 5.82. The molecule has 3 rings (SSSR count). The van der Waals surface area contributed by atoms with Crippen LogP contribution in [-0.4, -0.2) is 43.0 Å². The molecule has 1 saturated heterocycles. The van der Waals surface area contributed by atoms with Gasteiger partial charge in [-0.3, -0.25) is 14.5 Å². The van der Waals surface area contributed by atoms with Gasteiger partial charge in [0.1, 0.15) is 5.58 Å². The van der Waals surface area contributed by atoms with Crippen LogP contribution in [0.5, 0.6) is 0 Å². The van der Waals surface area contributed by atoms with Gasteiger partial charge in [-0.25, -0.2) is 4.79 Å². The monoisotopic (exact) mass is 400 g/mol. The lowest BCUT2D eigenvalue weighted by molar-refractivity contribution is -0.146. The number of hydrogen-bond acceptors (Lipinski definition) is 6. The Labute approximate surface area is 170 Å². The molecule has 7 nitrogen and oxygen atoms in total. The summed E-state index contributed by atoms with van der Waals surface area (Å²) in [5, 5.41) is 3.86. The Morgan fingerprint density at radius 1 is 1.17 bits per heavy atom. The van der Waals surface area contributed by atoms with E-state index in [0.717, 1.165) is 22.1 Å². The quantitative estimate of drug-likeness (QED) is 0.626. The van der Waals surface area contributed by atoms with Gasteiger partial charge in [-0.2, -0.15) is 0 Å². The highest BCUT2D eigenvalue weighted by atomic mass is 16.5. The summed E-state index contributed by atoms with van der Waals surface area (Å²) in [5.74, 6) is -0.611. The van der Waals surface area contributed by atoms with Crippen molar-refractivity contribution >= 4 is 22.8 Å². The Kier molecular flexibility index (Phi) is 6.37. The maximum Gasteiger partial charge on any atom is 0.336 e. The molecule has 1 aliphatic rings. The van der Waals surface area contributed by atoms with Crippen LogP contribution in [0.4, 0.5) is 0 Å². The standard InChI is InChI=1S/C22H28N2O5/c1-13-7-19-17(9-21(26)29-20(19)8-14(13)2)11-24-10-16(22(27)28-4)5-6-18(12-24)23-15(3)25/h7-9,16,18H,5-6,10-12H2,1-4H3,(H,23,25)/t16-,18+/m0/s1. The van der Waals surface area contributed by atoms with E-state index < -0.39 is 5.63 Å². The van der Waals surface area contributed by atoms with Gasteiger partial charge in [0, 0.05) is 44.1 Å². The number of methoxy groups -OCH3 is 1. The van der Waals surface area contributed by atoms with Crippen LogP contribution < -0.4 is 10.9 Å². The van der Waals surface area contributed by atoms with Crippen LogP contribution in [0.3, 0.4) is 0 Å². The Morgan fingerprint density at radius 2 is 1.90 bits per heavy atom. The molecular formula is C22H28N2O5. The van der Waals surface area contributed by atoms with Crippen LogP contribution in [-0.2, 0) is 20.9 Å². The van der Waals surface area contributed by atoms with Gasteiger partial charge >= 0.3 is 11.6 Å². The second-order valence-electron chi connectivity index (χ2n) is 7.91. The van der Waals surface area contributed by atoms with Crippen molar-refractivity contribution in [1.82, 2.24) is 10.2 Å². The molecule has 2 atom stereocenters. The summed E-state index contributed by atoms with van der Waals surface area (Å²) in [6.45, 7) is 7.09. The van der Waals surface area contributed by atoms with Crippen molar-refractivity contribution in [2.24, 2.45) is 5.92 Å². The van der Waals surface area contributed by atoms with E-state index in [4.69, 9.17) is 9.15 Å². The summed E-state index contributed by atoms with van der Waals surface area (Å²) in [5.41, 5.74) is 3.20. The van der Waals surface area contributed by atoms with E-state index >= 15 is 0 Å². The smallest absolute Gasteiger partial charge is 0.336 e. The van der Waals surface area contributed by atoms with Gasteiger partial charge in [-0.1, -0.05) is 0 Å². The van der Waals surface area contributed by atoms with Gasteiger partial charge in [0.2, 0.25) is 5.91 Å². The number of rotatable bonds is 4. The van der Waals surface area contributed by atoms with Gasteiger partial charge in [-0.05, 0) is 55.5 Å². The van der Waals surface area contributed by atoms with Crippen LogP contribution in [0.15, 0.2) is 27.4 Å². The lowest BCUT2D eigenvalue weighted by Crippen LogP contribution is -2.42. The molecule has 1 fully saturated rings. The number of benzene rings is 1. The number of amides is 1. The third-order valence-corrected chi connectivity index (χ3v) is 5.60. The minimum Gasteiger partial charge on any atom is -0.469 e. The second kappa shape index (κ2) is 8.78. The third kappa shape index (κ3) is 5.03. The first-order valence-corrected chi connectivity index (χ1v) is 9.88. The molecule has 1 aliphatic heterocycles. The van der Waals surface area contributed by atoms with Crippen molar-refractivity contribution in [3.8, 4) is 0 Å². The Bertz CT molecular complexity index is 981. The Morgan fingerprint density at radius 3 is 2.59 bits per heavy atom. The fraction of sp³-hybridized carbons (Fsp3) is 0.500. The van der Waals surface area contributed by atoms with Gasteiger partial charge in [0.15, 0.2) is 0 Å². The number of carbonyl (C=O) groups is 2. The van der Waals surface area contributed by atoms with Crippen LogP contribution >= 0.6 is 0 Å². The first-order valence-electron chi connectivity index (χ1n) is 9.88. The average Bonchev–Trinajstić information content (AvgIpc) is 2.84. The Hall–Kier alpha value is -2.67. The van der Waals surface area contributed by atoms with Gasteiger partial charge < -0.3 is 14.5 Å². The zero-order valence-corrected chi connectivity index (χ0v) is 17.4. The van der Waals surface area contributed by atoms with E-state index in [1.807, 2.05) is 26.0 Å². The summed E-state index contributed by atoms with van der Waals surface area (Å²) in [6, 6.07) is 5.37. The van der Waals surface area contributed by atoms with Gasteiger partial charge in [0.25, 0.3) is 0 Å². The molecule has 29 heavy (non-hydrogen) atoms. The number of aryl methyl sites for hydroxylation is 2. The largest absolute Gasteiger partial charge is 0.469 e. The number of nitrogens with one attached hydrogen (secondary N) is 1. The second-order valence-corrected chi connectivity index (χ2v) is 7.91. The topological polar surface area (TPSA) is 88.9 Å². The predicted octanol–water partition coefficient (Wildman–Crippen LogP) is 2.30. The summed E-state index contributed by atoms with van der Waals surface area (Å²) in [7, 11) is 1.39. The average molecular weight is 400 g/mol. The molecule has 0 saturated carbocycles. The van der Waals surface area contributed by atoms with E-state index in [0.29, 0.717) is 38.1 Å². The third-order valence-electron chi connectivity index (χ3n) is 5.60. The summed E-state index contributed by atoms with van der Waals surface area (Å²) in [6.07, 6.45) is 1.34. The van der Waals surface area contributed by atoms with Crippen molar-refractivity contribution in [2.45, 2.75) is 46.2 Å². The molecule has 1 aromatic heterocycles. The zero-order valence-electron chi connectivity index (χ0n) is 17.4. The number of nitrogens with zero attached hydrogens (tertiary/aromatic N) is 1. The van der Waals surface area contributed by atoms with Crippen LogP contribution in [0.2, 0.25) is 0 Å². The van der Waals surface area contributed by atoms with E-state index in [9.17, 15) is 14.4 Å². The summed E-state index contributed by atoms with van der Waals surface area (Å²) in [4.78, 5) is 38.0. The maximum atomic E-state index is 12.2. The number of ether oxygens (including phenoxy) is 1. The predicted molar refractivity (Wildman–Crippen MR) is 110 cm³/mol. The van der Waals surface area contributed by atoms with Crippen molar-refractivity contribution < 1.29 is 18.7 Å². The van der Waals surface area contributed by atoms with E-state index in [1.165, 1.54) is 20.1 Å². The molecule has 156 valence electrons. The number of hydrogen-bond donors (Lipinski definition) is 1. The molecule has 0 radical (unpaired) electrons. The summed E-state index contributed by atoms with van der Waals surface area (Å²) >= 11 is 0. The van der Waals surface area contributed by atoms with E-state index in [-0.39, 0.29) is 23.8 Å². The molecule has 1 amide bonds. The highest BCUT2D eigenvalue weighted by Crippen LogP contribution is 2.25. The normalized spacial score (nSPS) is 20.3. The molecule has 7 heteroatoms. The molecular weight excluding hydrogens is 372 g/mol. The number of carbonyl (C=O) groups excluding carboxylic acids is 2. The van der Waals surface area contributed by atoms with Crippen molar-refractivity contribution in [3.63, 3.8) is 0 Å². The fourth-order valence-electron chi connectivity index (χ4n) is 4.03. The van der Waals surface area contributed by atoms with Crippen molar-refractivity contribution in [2.75, 3.05) is 20.2 Å².